The van der Waals surface area contributed by atoms with Crippen molar-refractivity contribution in [2.75, 3.05) is 37.8 Å². The van der Waals surface area contributed by atoms with Crippen molar-refractivity contribution in [3.63, 3.8) is 0 Å². The fraction of sp³-hybridized carbons (Fsp3) is 0.304. The lowest BCUT2D eigenvalue weighted by atomic mass is 10.0. The third kappa shape index (κ3) is 5.54. The van der Waals surface area contributed by atoms with E-state index >= 15 is 0 Å². The summed E-state index contributed by atoms with van der Waals surface area (Å²) in [4.78, 5) is 11.5. The van der Waals surface area contributed by atoms with Crippen LogP contribution < -0.4 is 10.6 Å². The Hall–Kier alpha value is -2.92. The standard InChI is InChI=1S/C23H29N5/c1-17(2)18-10-12-20(13-11-18)25-22-16-21(19-8-6-5-7-9-19)26-23(27-22)24-14-15-28(3)4/h5-13,16-17H,14-15H2,1-4H3,(H2,24,25,26,27). The van der Waals surface area contributed by atoms with Crippen LogP contribution in [0.25, 0.3) is 11.3 Å². The lowest BCUT2D eigenvalue weighted by molar-refractivity contribution is 0.425. The lowest BCUT2D eigenvalue weighted by Gasteiger charge is -2.14. The molecule has 146 valence electrons. The summed E-state index contributed by atoms with van der Waals surface area (Å²) in [5.74, 6) is 1.92. The summed E-state index contributed by atoms with van der Waals surface area (Å²) < 4.78 is 0. The molecule has 0 fully saturated rings. The van der Waals surface area contributed by atoms with Crippen LogP contribution in [0.1, 0.15) is 25.3 Å². The molecule has 2 N–H and O–H groups in total. The smallest absolute Gasteiger partial charge is 0.225 e. The predicted octanol–water partition coefficient (Wildman–Crippen LogP) is 4.98. The van der Waals surface area contributed by atoms with E-state index in [1.54, 1.807) is 0 Å². The van der Waals surface area contributed by atoms with Crippen molar-refractivity contribution in [2.45, 2.75) is 19.8 Å². The van der Waals surface area contributed by atoms with Crippen LogP contribution in [0, 0.1) is 0 Å². The van der Waals surface area contributed by atoms with Gasteiger partial charge >= 0.3 is 0 Å². The van der Waals surface area contributed by atoms with Gasteiger partial charge in [-0.1, -0.05) is 56.3 Å². The summed E-state index contributed by atoms with van der Waals surface area (Å²) in [7, 11) is 4.10. The molecule has 0 atom stereocenters. The number of anilines is 3. The van der Waals surface area contributed by atoms with Gasteiger partial charge in [0.15, 0.2) is 0 Å². The van der Waals surface area contributed by atoms with Crippen molar-refractivity contribution in [1.82, 2.24) is 14.9 Å². The first-order valence-electron chi connectivity index (χ1n) is 9.71. The largest absolute Gasteiger partial charge is 0.353 e. The number of hydrogen-bond donors (Lipinski definition) is 2. The molecule has 1 aromatic heterocycles. The van der Waals surface area contributed by atoms with Crippen LogP contribution in [0.3, 0.4) is 0 Å². The average Bonchev–Trinajstić information content (AvgIpc) is 2.68. The van der Waals surface area contributed by atoms with Crippen molar-refractivity contribution in [3.8, 4) is 11.3 Å². The van der Waals surface area contributed by atoms with Gasteiger partial charge in [0.25, 0.3) is 0 Å². The van der Waals surface area contributed by atoms with E-state index in [9.17, 15) is 0 Å². The molecular weight excluding hydrogens is 346 g/mol. The molecular formula is C23H29N5. The summed E-state index contributed by atoms with van der Waals surface area (Å²) in [5, 5.41) is 6.75. The lowest BCUT2D eigenvalue weighted by Crippen LogP contribution is -2.21. The maximum atomic E-state index is 4.70. The predicted molar refractivity (Wildman–Crippen MR) is 118 cm³/mol. The molecule has 0 radical (unpaired) electrons. The molecule has 0 aliphatic carbocycles. The number of rotatable bonds is 8. The monoisotopic (exact) mass is 375 g/mol. The Morgan fingerprint density at radius 3 is 2.29 bits per heavy atom. The molecule has 0 bridgehead atoms. The Morgan fingerprint density at radius 2 is 1.64 bits per heavy atom. The van der Waals surface area contributed by atoms with E-state index in [-0.39, 0.29) is 0 Å². The summed E-state index contributed by atoms with van der Waals surface area (Å²) in [6.07, 6.45) is 0. The minimum atomic E-state index is 0.519. The summed E-state index contributed by atoms with van der Waals surface area (Å²) in [5.41, 5.74) is 4.30. The van der Waals surface area contributed by atoms with E-state index < -0.39 is 0 Å². The Labute approximate surface area is 167 Å². The highest BCUT2D eigenvalue weighted by Crippen LogP contribution is 2.24. The molecule has 0 unspecified atom stereocenters. The van der Waals surface area contributed by atoms with Crippen LogP contribution >= 0.6 is 0 Å². The highest BCUT2D eigenvalue weighted by Gasteiger charge is 2.08. The second-order valence-corrected chi connectivity index (χ2v) is 7.46. The van der Waals surface area contributed by atoms with Gasteiger partial charge in [-0.05, 0) is 37.7 Å². The van der Waals surface area contributed by atoms with Crippen LogP contribution in [-0.4, -0.2) is 42.1 Å². The van der Waals surface area contributed by atoms with Gasteiger partial charge < -0.3 is 15.5 Å². The minimum Gasteiger partial charge on any atom is -0.353 e. The van der Waals surface area contributed by atoms with Gasteiger partial charge in [-0.3, -0.25) is 0 Å². The number of benzene rings is 2. The van der Waals surface area contributed by atoms with Crippen LogP contribution in [-0.2, 0) is 0 Å². The molecule has 3 rings (SSSR count). The van der Waals surface area contributed by atoms with Crippen molar-refractivity contribution in [3.05, 3.63) is 66.2 Å². The van der Waals surface area contributed by atoms with Crippen LogP contribution in [0.5, 0.6) is 0 Å². The first kappa shape index (κ1) is 19.8. The van der Waals surface area contributed by atoms with E-state index in [1.165, 1.54) is 5.56 Å². The number of nitrogens with zero attached hydrogens (tertiary/aromatic N) is 3. The maximum absolute atomic E-state index is 4.70. The van der Waals surface area contributed by atoms with Gasteiger partial charge in [-0.15, -0.1) is 0 Å². The van der Waals surface area contributed by atoms with Gasteiger partial charge in [0.2, 0.25) is 5.95 Å². The van der Waals surface area contributed by atoms with E-state index in [2.05, 4.69) is 84.9 Å². The Balaban J connectivity index is 1.85. The number of hydrogen-bond acceptors (Lipinski definition) is 5. The Morgan fingerprint density at radius 1 is 0.929 bits per heavy atom. The van der Waals surface area contributed by atoms with Crippen LogP contribution in [0.4, 0.5) is 17.5 Å². The zero-order chi connectivity index (χ0) is 19.9. The molecule has 0 aliphatic heterocycles. The first-order chi connectivity index (χ1) is 13.5. The Kier molecular flexibility index (Phi) is 6.61. The quantitative estimate of drug-likeness (QED) is 0.581. The number of aromatic nitrogens is 2. The van der Waals surface area contributed by atoms with Gasteiger partial charge in [0, 0.05) is 30.4 Å². The first-order valence-corrected chi connectivity index (χ1v) is 9.71. The molecule has 0 saturated heterocycles. The normalized spacial score (nSPS) is 11.1. The zero-order valence-electron chi connectivity index (χ0n) is 17.1. The van der Waals surface area contributed by atoms with Crippen molar-refractivity contribution in [1.29, 1.82) is 0 Å². The Bertz CT molecular complexity index is 873. The molecule has 0 saturated carbocycles. The molecule has 1 heterocycles. The summed E-state index contributed by atoms with van der Waals surface area (Å²) in [6, 6.07) is 20.7. The fourth-order valence-corrected chi connectivity index (χ4v) is 2.84. The number of likely N-dealkylation sites (N-methyl/N-ethyl adjacent to an activating group) is 1. The highest BCUT2D eigenvalue weighted by molar-refractivity contribution is 5.67. The minimum absolute atomic E-state index is 0.519. The van der Waals surface area contributed by atoms with Crippen LogP contribution in [0.15, 0.2) is 60.7 Å². The molecule has 5 nitrogen and oxygen atoms in total. The van der Waals surface area contributed by atoms with Gasteiger partial charge in [0.1, 0.15) is 5.82 Å². The van der Waals surface area contributed by atoms with Crippen molar-refractivity contribution < 1.29 is 0 Å². The zero-order valence-corrected chi connectivity index (χ0v) is 17.1. The molecule has 2 aromatic carbocycles. The van der Waals surface area contributed by atoms with Gasteiger partial charge in [-0.25, -0.2) is 4.98 Å². The van der Waals surface area contributed by atoms with Gasteiger partial charge in [0.05, 0.1) is 5.69 Å². The SMILES string of the molecule is CC(C)c1ccc(Nc2cc(-c3ccccc3)nc(NCCN(C)C)n2)cc1. The van der Waals surface area contributed by atoms with Crippen molar-refractivity contribution >= 4 is 17.5 Å². The van der Waals surface area contributed by atoms with E-state index in [0.717, 1.165) is 35.9 Å². The maximum Gasteiger partial charge on any atom is 0.225 e. The average molecular weight is 376 g/mol. The molecule has 3 aromatic rings. The molecule has 28 heavy (non-hydrogen) atoms. The van der Waals surface area contributed by atoms with Gasteiger partial charge in [-0.2, -0.15) is 4.98 Å². The molecule has 0 spiro atoms. The second-order valence-electron chi connectivity index (χ2n) is 7.46. The molecule has 0 aliphatic rings. The summed E-state index contributed by atoms with van der Waals surface area (Å²) >= 11 is 0. The molecule has 0 amide bonds. The topological polar surface area (TPSA) is 53.1 Å². The summed E-state index contributed by atoms with van der Waals surface area (Å²) in [6.45, 7) is 6.10. The van der Waals surface area contributed by atoms with E-state index in [4.69, 9.17) is 4.98 Å². The van der Waals surface area contributed by atoms with E-state index in [1.807, 2.05) is 24.3 Å². The van der Waals surface area contributed by atoms with Crippen LogP contribution in [0.2, 0.25) is 0 Å². The fourth-order valence-electron chi connectivity index (χ4n) is 2.84. The van der Waals surface area contributed by atoms with Crippen molar-refractivity contribution in [2.24, 2.45) is 0 Å². The number of nitrogens with one attached hydrogen (secondary N) is 2. The third-order valence-corrected chi connectivity index (χ3v) is 4.49. The second kappa shape index (κ2) is 9.33. The highest BCUT2D eigenvalue weighted by atomic mass is 15.2. The molecule has 5 heteroatoms. The van der Waals surface area contributed by atoms with E-state index in [0.29, 0.717) is 11.9 Å². The third-order valence-electron chi connectivity index (χ3n) is 4.49.